The summed E-state index contributed by atoms with van der Waals surface area (Å²) < 4.78 is 18.5. The maximum Gasteiger partial charge on any atom is 0.333 e. The van der Waals surface area contributed by atoms with Gasteiger partial charge in [-0.1, -0.05) is 19.9 Å². The van der Waals surface area contributed by atoms with Gasteiger partial charge in [-0.2, -0.15) is 0 Å². The zero-order valence-corrected chi connectivity index (χ0v) is 27.3. The number of piperidine rings is 2. The number of carbonyl (C=O) groups is 2. The second kappa shape index (κ2) is 9.96. The molecular formula is C34H51NO10. The van der Waals surface area contributed by atoms with Crippen molar-refractivity contribution in [2.24, 2.45) is 40.9 Å². The summed E-state index contributed by atoms with van der Waals surface area (Å²) in [5.41, 5.74) is -4.98. The van der Waals surface area contributed by atoms with E-state index in [2.05, 4.69) is 11.8 Å². The molecule has 7 rings (SSSR count). The minimum atomic E-state index is -1.94. The Labute approximate surface area is 264 Å². The molecule has 4 bridgehead atoms. The molecule has 3 heterocycles. The highest BCUT2D eigenvalue weighted by Crippen LogP contribution is 2.77. The first-order valence-corrected chi connectivity index (χ1v) is 17.0. The van der Waals surface area contributed by atoms with Gasteiger partial charge in [0, 0.05) is 54.8 Å². The number of fused-ring (bicyclic) bond motifs is 5. The van der Waals surface area contributed by atoms with E-state index in [4.69, 9.17) is 14.2 Å². The Hall–Kier alpha value is -1.60. The van der Waals surface area contributed by atoms with Crippen molar-refractivity contribution >= 4 is 11.9 Å². The van der Waals surface area contributed by atoms with Crippen molar-refractivity contribution in [3.63, 3.8) is 0 Å². The van der Waals surface area contributed by atoms with Gasteiger partial charge < -0.3 is 39.7 Å². The van der Waals surface area contributed by atoms with E-state index in [9.17, 15) is 35.1 Å². The standard InChI is InChI=1S/C34H51NO10/c1-7-17(3)29(39)44-28-26(38)25-19(15-35-14-16(2)8-9-23(35)31(25,6)40)20-13-32-27(33(20,28)41)21(37)12-22-30(32,5)11-10-24(43-18(4)36)34(22,42)45-32/h7,16,19-28,37-38,40-42H,8-15H2,1-6H3/b17-7+/t16-,19-,20+,21+,22+,23+,24+,25-,26+,27-,28-,30+,31+,32-,33-,34+/m1/s1. The van der Waals surface area contributed by atoms with E-state index < -0.39 is 93.9 Å². The van der Waals surface area contributed by atoms with Gasteiger partial charge in [-0.15, -0.1) is 0 Å². The van der Waals surface area contributed by atoms with Crippen LogP contribution in [0.3, 0.4) is 0 Å². The van der Waals surface area contributed by atoms with Crippen molar-refractivity contribution in [1.29, 1.82) is 0 Å². The van der Waals surface area contributed by atoms with Crippen LogP contribution in [0.4, 0.5) is 0 Å². The van der Waals surface area contributed by atoms with Gasteiger partial charge in [-0.25, -0.2) is 4.79 Å². The Morgan fingerprint density at radius 3 is 2.40 bits per heavy atom. The van der Waals surface area contributed by atoms with Gasteiger partial charge in [0.15, 0.2) is 12.2 Å². The number of carbonyl (C=O) groups excluding carboxylic acids is 2. The smallest absolute Gasteiger partial charge is 0.333 e. The monoisotopic (exact) mass is 633 g/mol. The fourth-order valence-corrected chi connectivity index (χ4v) is 12.2. The lowest BCUT2D eigenvalue weighted by molar-refractivity contribution is -0.298. The Bertz CT molecular complexity index is 1300. The van der Waals surface area contributed by atoms with E-state index >= 15 is 0 Å². The zero-order valence-electron chi connectivity index (χ0n) is 27.3. The third-order valence-corrected chi connectivity index (χ3v) is 14.1. The van der Waals surface area contributed by atoms with Crippen LogP contribution in [0.2, 0.25) is 0 Å². The lowest BCUT2D eigenvalue weighted by Gasteiger charge is -2.64. The van der Waals surface area contributed by atoms with Crippen LogP contribution in [0.5, 0.6) is 0 Å². The van der Waals surface area contributed by atoms with Crippen LogP contribution in [0.15, 0.2) is 11.6 Å². The van der Waals surface area contributed by atoms with Crippen molar-refractivity contribution in [2.45, 2.75) is 133 Å². The summed E-state index contributed by atoms with van der Waals surface area (Å²) in [6.45, 7) is 11.9. The number of allylic oxidation sites excluding steroid dienone is 1. The van der Waals surface area contributed by atoms with Gasteiger partial charge in [0.2, 0.25) is 5.79 Å². The maximum atomic E-state index is 13.4. The normalized spacial score (nSPS) is 56.9. The number of esters is 2. The summed E-state index contributed by atoms with van der Waals surface area (Å²) in [6.07, 6.45) is -0.501. The number of hydrogen-bond donors (Lipinski definition) is 5. The molecule has 1 spiro atoms. The van der Waals surface area contributed by atoms with Gasteiger partial charge in [0.05, 0.1) is 23.4 Å². The second-order valence-electron chi connectivity index (χ2n) is 16.2. The lowest BCUT2D eigenvalue weighted by atomic mass is 9.49. The number of rotatable bonds is 3. The summed E-state index contributed by atoms with van der Waals surface area (Å²) in [4.78, 5) is 27.7. The molecule has 7 aliphatic rings. The number of aliphatic hydroxyl groups excluding tert-OH is 2. The predicted octanol–water partition coefficient (Wildman–Crippen LogP) is 1.27. The first kappa shape index (κ1) is 32.0. The van der Waals surface area contributed by atoms with Gasteiger partial charge in [0.1, 0.15) is 5.60 Å². The van der Waals surface area contributed by atoms with E-state index in [1.165, 1.54) is 6.92 Å². The molecule has 0 aromatic rings. The van der Waals surface area contributed by atoms with Crippen LogP contribution >= 0.6 is 0 Å². The number of aliphatic hydroxyl groups is 5. The van der Waals surface area contributed by atoms with E-state index in [1.807, 2.05) is 6.92 Å². The highest BCUT2D eigenvalue weighted by atomic mass is 16.7. The fraction of sp³-hybridized carbons (Fsp3) is 0.882. The van der Waals surface area contributed by atoms with Gasteiger partial charge in [0.25, 0.3) is 0 Å². The van der Waals surface area contributed by atoms with Crippen molar-refractivity contribution in [3.05, 3.63) is 11.6 Å². The SMILES string of the molecule is C/C=C(\C)C(=O)O[C@@H]1[C@@H](O)[C@H]2[C@H](CN3C[C@H](C)CC[C@H]3[C@]2(C)O)[C@@H]2C[C@]34O[C@]5(O)[C@@H](OC(C)=O)CC[C@@]3(C)[C@@H]5C[C@H](O)[C@H]4[C@@]12O. The fourth-order valence-electron chi connectivity index (χ4n) is 12.2. The molecule has 3 aliphatic heterocycles. The zero-order chi connectivity index (χ0) is 32.6. The lowest BCUT2D eigenvalue weighted by Crippen LogP contribution is -2.77. The Morgan fingerprint density at radius 2 is 1.73 bits per heavy atom. The van der Waals surface area contributed by atoms with Crippen LogP contribution in [-0.2, 0) is 23.8 Å². The highest BCUT2D eigenvalue weighted by Gasteiger charge is 2.87. The summed E-state index contributed by atoms with van der Waals surface area (Å²) in [7, 11) is 0. The molecule has 0 aromatic heterocycles. The Balaban J connectivity index is 1.39. The topological polar surface area (TPSA) is 166 Å². The average molecular weight is 634 g/mol. The quantitative estimate of drug-likeness (QED) is 0.224. The molecule has 0 unspecified atom stereocenters. The number of nitrogens with zero attached hydrogens (tertiary/aromatic N) is 1. The molecule has 0 amide bonds. The average Bonchev–Trinajstić information content (AvgIpc) is 3.24. The molecule has 3 saturated heterocycles. The summed E-state index contributed by atoms with van der Waals surface area (Å²) in [5, 5.41) is 62.1. The van der Waals surface area contributed by atoms with Crippen LogP contribution in [-0.4, -0.2) is 109 Å². The molecule has 252 valence electrons. The molecule has 4 saturated carbocycles. The highest BCUT2D eigenvalue weighted by molar-refractivity contribution is 5.87. The van der Waals surface area contributed by atoms with Crippen LogP contribution in [0, 0.1) is 40.9 Å². The first-order chi connectivity index (χ1) is 21.0. The van der Waals surface area contributed by atoms with Crippen LogP contribution in [0.1, 0.15) is 80.1 Å². The summed E-state index contributed by atoms with van der Waals surface area (Å²) >= 11 is 0. The molecule has 45 heavy (non-hydrogen) atoms. The molecular weight excluding hydrogens is 582 g/mol. The summed E-state index contributed by atoms with van der Waals surface area (Å²) in [6, 6.07) is -0.203. The minimum absolute atomic E-state index is 0.0778. The van der Waals surface area contributed by atoms with E-state index in [0.29, 0.717) is 30.9 Å². The molecule has 5 N–H and O–H groups in total. The Morgan fingerprint density at radius 1 is 1.02 bits per heavy atom. The Kier molecular flexibility index (Phi) is 7.08. The van der Waals surface area contributed by atoms with E-state index in [-0.39, 0.29) is 18.9 Å². The number of ether oxygens (including phenoxy) is 3. The van der Waals surface area contributed by atoms with Gasteiger partial charge in [-0.3, -0.25) is 9.69 Å². The van der Waals surface area contributed by atoms with Crippen LogP contribution < -0.4 is 0 Å². The van der Waals surface area contributed by atoms with Crippen molar-refractivity contribution in [2.75, 3.05) is 13.1 Å². The van der Waals surface area contributed by atoms with Crippen LogP contribution in [0.25, 0.3) is 0 Å². The molecule has 11 heteroatoms. The minimum Gasteiger partial charge on any atom is -0.457 e. The van der Waals surface area contributed by atoms with Gasteiger partial charge in [-0.05, 0) is 77.0 Å². The molecule has 11 nitrogen and oxygen atoms in total. The van der Waals surface area contributed by atoms with Crippen molar-refractivity contribution in [3.8, 4) is 0 Å². The first-order valence-electron chi connectivity index (χ1n) is 17.0. The molecule has 16 atom stereocenters. The second-order valence-corrected chi connectivity index (χ2v) is 16.2. The molecule has 0 aromatic carbocycles. The van der Waals surface area contributed by atoms with E-state index in [0.717, 1.165) is 19.4 Å². The largest absolute Gasteiger partial charge is 0.457 e. The van der Waals surface area contributed by atoms with Crippen molar-refractivity contribution < 1.29 is 49.3 Å². The molecule has 7 fully saturated rings. The third kappa shape index (κ3) is 3.89. The number of hydrogen-bond acceptors (Lipinski definition) is 11. The predicted molar refractivity (Wildman–Crippen MR) is 159 cm³/mol. The maximum absolute atomic E-state index is 13.4. The molecule has 0 radical (unpaired) electrons. The van der Waals surface area contributed by atoms with E-state index in [1.54, 1.807) is 26.8 Å². The third-order valence-electron chi connectivity index (χ3n) is 14.1. The molecule has 4 aliphatic carbocycles. The van der Waals surface area contributed by atoms with Crippen molar-refractivity contribution in [1.82, 2.24) is 4.90 Å². The summed E-state index contributed by atoms with van der Waals surface area (Å²) in [5.74, 6) is -6.08. The van der Waals surface area contributed by atoms with Gasteiger partial charge >= 0.3 is 11.9 Å².